The third-order valence-electron chi connectivity index (χ3n) is 2.50. The Kier molecular flexibility index (Phi) is 4.58. The standard InChI is InChI=1S/C9H19NO2/c1-2-10-9(7-11)8-3-5-12-6-4-8/h8-11H,2-7H2,1H3. The molecule has 3 nitrogen and oxygen atoms in total. The van der Waals surface area contributed by atoms with Crippen LogP contribution in [-0.2, 0) is 4.74 Å². The molecule has 12 heavy (non-hydrogen) atoms. The lowest BCUT2D eigenvalue weighted by Gasteiger charge is -2.29. The van der Waals surface area contributed by atoms with E-state index in [9.17, 15) is 0 Å². The molecule has 0 saturated carbocycles. The molecule has 1 fully saturated rings. The minimum atomic E-state index is 0.249. The summed E-state index contributed by atoms with van der Waals surface area (Å²) in [7, 11) is 0. The fraction of sp³-hybridized carbons (Fsp3) is 1.00. The van der Waals surface area contributed by atoms with Crippen LogP contribution in [0.5, 0.6) is 0 Å². The van der Waals surface area contributed by atoms with Crippen LogP contribution in [0.1, 0.15) is 19.8 Å². The van der Waals surface area contributed by atoms with Crippen LogP contribution in [0.2, 0.25) is 0 Å². The number of likely N-dealkylation sites (N-methyl/N-ethyl adjacent to an activating group) is 1. The van der Waals surface area contributed by atoms with Crippen molar-refractivity contribution in [2.75, 3.05) is 26.4 Å². The Morgan fingerprint density at radius 2 is 2.17 bits per heavy atom. The smallest absolute Gasteiger partial charge is 0.0587 e. The van der Waals surface area contributed by atoms with E-state index in [1.165, 1.54) is 0 Å². The van der Waals surface area contributed by atoms with Crippen molar-refractivity contribution < 1.29 is 9.84 Å². The van der Waals surface area contributed by atoms with E-state index in [0.717, 1.165) is 32.6 Å². The topological polar surface area (TPSA) is 41.5 Å². The van der Waals surface area contributed by atoms with Crippen LogP contribution in [0.3, 0.4) is 0 Å². The molecule has 0 spiro atoms. The van der Waals surface area contributed by atoms with Crippen molar-refractivity contribution in [3.8, 4) is 0 Å². The summed E-state index contributed by atoms with van der Waals surface area (Å²) in [4.78, 5) is 0. The molecule has 1 saturated heterocycles. The van der Waals surface area contributed by atoms with E-state index >= 15 is 0 Å². The molecule has 1 unspecified atom stereocenters. The average Bonchev–Trinajstić information content (AvgIpc) is 2.15. The van der Waals surface area contributed by atoms with Crippen LogP contribution >= 0.6 is 0 Å². The van der Waals surface area contributed by atoms with Gasteiger partial charge in [0.2, 0.25) is 0 Å². The molecule has 0 aromatic heterocycles. The minimum Gasteiger partial charge on any atom is -0.395 e. The van der Waals surface area contributed by atoms with Crippen LogP contribution in [0.4, 0.5) is 0 Å². The van der Waals surface area contributed by atoms with Crippen LogP contribution in [-0.4, -0.2) is 37.5 Å². The predicted octanol–water partition coefficient (Wildman–Crippen LogP) is 0.383. The van der Waals surface area contributed by atoms with E-state index in [-0.39, 0.29) is 12.6 Å². The maximum atomic E-state index is 9.11. The highest BCUT2D eigenvalue weighted by molar-refractivity contribution is 4.77. The van der Waals surface area contributed by atoms with Crippen LogP contribution in [0, 0.1) is 5.92 Å². The Morgan fingerprint density at radius 1 is 1.50 bits per heavy atom. The molecule has 1 aliphatic rings. The van der Waals surface area contributed by atoms with Gasteiger partial charge >= 0.3 is 0 Å². The molecule has 0 aromatic rings. The van der Waals surface area contributed by atoms with Gasteiger partial charge in [0.05, 0.1) is 6.61 Å². The van der Waals surface area contributed by atoms with Gasteiger partial charge in [0, 0.05) is 19.3 Å². The third-order valence-corrected chi connectivity index (χ3v) is 2.50. The number of hydrogen-bond donors (Lipinski definition) is 2. The molecular formula is C9H19NO2. The quantitative estimate of drug-likeness (QED) is 0.646. The average molecular weight is 173 g/mol. The minimum absolute atomic E-state index is 0.249. The summed E-state index contributed by atoms with van der Waals surface area (Å²) >= 11 is 0. The largest absolute Gasteiger partial charge is 0.395 e. The highest BCUT2D eigenvalue weighted by Gasteiger charge is 2.22. The van der Waals surface area contributed by atoms with Crippen molar-refractivity contribution in [2.45, 2.75) is 25.8 Å². The first-order valence-electron chi connectivity index (χ1n) is 4.80. The lowest BCUT2D eigenvalue weighted by Crippen LogP contribution is -2.41. The normalized spacial score (nSPS) is 22.5. The first kappa shape index (κ1) is 9.96. The predicted molar refractivity (Wildman–Crippen MR) is 48.1 cm³/mol. The fourth-order valence-corrected chi connectivity index (χ4v) is 1.76. The SMILES string of the molecule is CCNC(CO)C1CCOCC1. The van der Waals surface area contributed by atoms with E-state index < -0.39 is 0 Å². The van der Waals surface area contributed by atoms with Crippen molar-refractivity contribution in [3.05, 3.63) is 0 Å². The van der Waals surface area contributed by atoms with Gasteiger partial charge in [0.25, 0.3) is 0 Å². The maximum absolute atomic E-state index is 9.11. The van der Waals surface area contributed by atoms with Crippen LogP contribution in [0.15, 0.2) is 0 Å². The first-order valence-corrected chi connectivity index (χ1v) is 4.80. The zero-order chi connectivity index (χ0) is 8.81. The summed E-state index contributed by atoms with van der Waals surface area (Å²) in [6.07, 6.45) is 2.16. The monoisotopic (exact) mass is 173 g/mol. The first-order chi connectivity index (χ1) is 5.88. The van der Waals surface area contributed by atoms with Crippen molar-refractivity contribution >= 4 is 0 Å². The van der Waals surface area contributed by atoms with E-state index in [1.807, 2.05) is 0 Å². The molecule has 1 rings (SSSR count). The van der Waals surface area contributed by atoms with Gasteiger partial charge in [0.1, 0.15) is 0 Å². The van der Waals surface area contributed by atoms with Gasteiger partial charge in [-0.3, -0.25) is 0 Å². The summed E-state index contributed by atoms with van der Waals surface area (Å²) in [5.41, 5.74) is 0. The van der Waals surface area contributed by atoms with E-state index in [4.69, 9.17) is 9.84 Å². The molecule has 2 N–H and O–H groups in total. The molecule has 0 radical (unpaired) electrons. The van der Waals surface area contributed by atoms with Crippen LogP contribution < -0.4 is 5.32 Å². The molecule has 1 atom stereocenters. The Bertz CT molecular complexity index is 110. The second-order valence-electron chi connectivity index (χ2n) is 3.30. The third kappa shape index (κ3) is 2.73. The summed E-state index contributed by atoms with van der Waals surface area (Å²) in [5.74, 6) is 0.601. The Balaban J connectivity index is 2.29. The second kappa shape index (κ2) is 5.51. The van der Waals surface area contributed by atoms with Gasteiger partial charge in [-0.1, -0.05) is 6.92 Å². The molecule has 72 valence electrons. The maximum Gasteiger partial charge on any atom is 0.0587 e. The molecule has 1 heterocycles. The molecule has 0 aliphatic carbocycles. The number of ether oxygens (including phenoxy) is 1. The fourth-order valence-electron chi connectivity index (χ4n) is 1.76. The van der Waals surface area contributed by atoms with E-state index in [0.29, 0.717) is 5.92 Å². The summed E-state index contributed by atoms with van der Waals surface area (Å²) in [6, 6.07) is 0.277. The summed E-state index contributed by atoms with van der Waals surface area (Å²) in [5, 5.41) is 12.4. The van der Waals surface area contributed by atoms with Crippen molar-refractivity contribution in [2.24, 2.45) is 5.92 Å². The molecule has 0 amide bonds. The number of aliphatic hydroxyl groups is 1. The van der Waals surface area contributed by atoms with Crippen LogP contribution in [0.25, 0.3) is 0 Å². The Hall–Kier alpha value is -0.120. The Morgan fingerprint density at radius 3 is 2.67 bits per heavy atom. The summed E-state index contributed by atoms with van der Waals surface area (Å²) in [6.45, 7) is 4.96. The molecule has 0 bridgehead atoms. The molecular weight excluding hydrogens is 154 g/mol. The lowest BCUT2D eigenvalue weighted by molar-refractivity contribution is 0.0442. The summed E-state index contributed by atoms with van der Waals surface area (Å²) < 4.78 is 5.26. The highest BCUT2D eigenvalue weighted by atomic mass is 16.5. The van der Waals surface area contributed by atoms with Gasteiger partial charge in [0.15, 0.2) is 0 Å². The number of nitrogens with one attached hydrogen (secondary N) is 1. The molecule has 0 aromatic carbocycles. The highest BCUT2D eigenvalue weighted by Crippen LogP contribution is 2.18. The molecule has 1 aliphatic heterocycles. The zero-order valence-electron chi connectivity index (χ0n) is 7.75. The zero-order valence-corrected chi connectivity index (χ0v) is 7.75. The van der Waals surface area contributed by atoms with Crippen molar-refractivity contribution in [1.29, 1.82) is 0 Å². The van der Waals surface area contributed by atoms with Gasteiger partial charge < -0.3 is 15.2 Å². The number of hydrogen-bond acceptors (Lipinski definition) is 3. The number of aliphatic hydroxyl groups excluding tert-OH is 1. The number of rotatable bonds is 4. The van der Waals surface area contributed by atoms with E-state index in [1.54, 1.807) is 0 Å². The van der Waals surface area contributed by atoms with Gasteiger partial charge in [-0.05, 0) is 25.3 Å². The van der Waals surface area contributed by atoms with Crippen molar-refractivity contribution in [3.63, 3.8) is 0 Å². The van der Waals surface area contributed by atoms with Gasteiger partial charge in [-0.15, -0.1) is 0 Å². The molecule has 3 heteroatoms. The van der Waals surface area contributed by atoms with E-state index in [2.05, 4.69) is 12.2 Å². The van der Waals surface area contributed by atoms with Gasteiger partial charge in [-0.2, -0.15) is 0 Å². The second-order valence-corrected chi connectivity index (χ2v) is 3.30. The van der Waals surface area contributed by atoms with Crippen molar-refractivity contribution in [1.82, 2.24) is 5.32 Å². The Labute approximate surface area is 74.1 Å². The lowest BCUT2D eigenvalue weighted by atomic mass is 9.92. The van der Waals surface area contributed by atoms with Gasteiger partial charge in [-0.25, -0.2) is 0 Å².